The Morgan fingerprint density at radius 1 is 1.14 bits per heavy atom. The Morgan fingerprint density at radius 2 is 1.71 bits per heavy atom. The van der Waals surface area contributed by atoms with Crippen LogP contribution in [-0.2, 0) is 9.53 Å². The summed E-state index contributed by atoms with van der Waals surface area (Å²) in [4.78, 5) is 22.3. The highest BCUT2D eigenvalue weighted by molar-refractivity contribution is 6.03. The highest BCUT2D eigenvalue weighted by Gasteiger charge is 2.63. The van der Waals surface area contributed by atoms with Gasteiger partial charge in [-0.2, -0.15) is 22.0 Å². The smallest absolute Gasteiger partial charge is 0.463 e. The summed E-state index contributed by atoms with van der Waals surface area (Å²) in [7, 11) is 0.904. The van der Waals surface area contributed by atoms with Crippen molar-refractivity contribution in [2.75, 3.05) is 12.4 Å². The van der Waals surface area contributed by atoms with E-state index in [0.717, 1.165) is 24.6 Å². The van der Waals surface area contributed by atoms with Crippen LogP contribution in [0.2, 0.25) is 0 Å². The van der Waals surface area contributed by atoms with E-state index >= 15 is 0 Å². The molecule has 116 valence electrons. The first kappa shape index (κ1) is 16.8. The Morgan fingerprint density at radius 3 is 2.19 bits per heavy atom. The number of esters is 1. The van der Waals surface area contributed by atoms with Crippen molar-refractivity contribution in [3.8, 4) is 0 Å². The van der Waals surface area contributed by atoms with E-state index in [4.69, 9.17) is 0 Å². The van der Waals surface area contributed by atoms with Crippen molar-refractivity contribution in [1.82, 2.24) is 0 Å². The average molecular weight is 315 g/mol. The summed E-state index contributed by atoms with van der Waals surface area (Å²) in [5.41, 5.74) is -1.44. The normalized spacial score (nSPS) is 12.0. The number of anilines is 1. The molecule has 0 aliphatic carbocycles. The molecule has 0 aliphatic heterocycles. The van der Waals surface area contributed by atoms with Gasteiger partial charge in [0.15, 0.2) is 0 Å². The van der Waals surface area contributed by atoms with Gasteiger partial charge in [0.1, 0.15) is 5.82 Å². The maximum Gasteiger partial charge on any atom is 0.463 e. The monoisotopic (exact) mass is 315 g/mol. The molecule has 0 aliphatic rings. The molecule has 0 bridgehead atoms. The molecule has 1 aromatic rings. The molecule has 0 atom stereocenters. The van der Waals surface area contributed by atoms with Crippen molar-refractivity contribution in [2.45, 2.75) is 12.1 Å². The van der Waals surface area contributed by atoms with Gasteiger partial charge in [-0.15, -0.1) is 0 Å². The number of nitrogens with one attached hydrogen (secondary N) is 1. The minimum absolute atomic E-state index is 0.413. The third kappa shape index (κ3) is 3.44. The van der Waals surface area contributed by atoms with E-state index in [-0.39, 0.29) is 0 Å². The zero-order valence-electron chi connectivity index (χ0n) is 10.2. The molecule has 1 rings (SSSR count). The highest BCUT2D eigenvalue weighted by atomic mass is 19.4. The molecule has 0 unspecified atom stereocenters. The lowest BCUT2D eigenvalue weighted by Crippen LogP contribution is -2.47. The fourth-order valence-electron chi connectivity index (χ4n) is 1.24. The molecule has 1 amide bonds. The Balaban J connectivity index is 3.16. The van der Waals surface area contributed by atoms with E-state index in [1.165, 1.54) is 0 Å². The second-order valence-corrected chi connectivity index (χ2v) is 3.71. The highest BCUT2D eigenvalue weighted by Crippen LogP contribution is 2.36. The van der Waals surface area contributed by atoms with E-state index in [0.29, 0.717) is 6.07 Å². The quantitative estimate of drug-likeness (QED) is 0.689. The zero-order valence-corrected chi connectivity index (χ0v) is 10.2. The SMILES string of the molecule is COC(=O)c1ccc(F)cc1NC(=O)C(F)(F)C(F)(F)F. The van der Waals surface area contributed by atoms with Crippen LogP contribution in [0.3, 0.4) is 0 Å². The zero-order chi connectivity index (χ0) is 16.4. The molecule has 1 aromatic carbocycles. The summed E-state index contributed by atoms with van der Waals surface area (Å²) in [5, 5.41) is 1.16. The molecule has 4 nitrogen and oxygen atoms in total. The number of carbonyl (C=O) groups excluding carboxylic acids is 2. The van der Waals surface area contributed by atoms with E-state index in [9.17, 15) is 35.9 Å². The molecule has 0 spiro atoms. The summed E-state index contributed by atoms with van der Waals surface area (Å²) in [6, 6.07) is 1.92. The van der Waals surface area contributed by atoms with Gasteiger partial charge >= 0.3 is 24.0 Å². The number of carbonyl (C=O) groups is 2. The lowest BCUT2D eigenvalue weighted by atomic mass is 10.1. The molecule has 10 heteroatoms. The van der Waals surface area contributed by atoms with Crippen LogP contribution in [0.4, 0.5) is 32.0 Å². The van der Waals surface area contributed by atoms with Crippen molar-refractivity contribution in [3.05, 3.63) is 29.6 Å². The van der Waals surface area contributed by atoms with E-state index in [2.05, 4.69) is 4.74 Å². The predicted octanol–water partition coefficient (Wildman–Crippen LogP) is 2.75. The topological polar surface area (TPSA) is 55.4 Å². The van der Waals surface area contributed by atoms with Crippen LogP contribution in [0.5, 0.6) is 0 Å². The maximum atomic E-state index is 13.0. The summed E-state index contributed by atoms with van der Waals surface area (Å²) in [6.45, 7) is 0. The Bertz CT molecular complexity index is 570. The molecule has 0 radical (unpaired) electrons. The lowest BCUT2D eigenvalue weighted by Gasteiger charge is -2.19. The van der Waals surface area contributed by atoms with Crippen molar-refractivity contribution >= 4 is 17.6 Å². The second kappa shape index (κ2) is 5.62. The van der Waals surface area contributed by atoms with Crippen LogP contribution >= 0.6 is 0 Å². The van der Waals surface area contributed by atoms with Gasteiger partial charge in [0.25, 0.3) is 0 Å². The Kier molecular flexibility index (Phi) is 4.49. The fraction of sp³-hybridized carbons (Fsp3) is 0.273. The molecule has 0 saturated heterocycles. The van der Waals surface area contributed by atoms with Gasteiger partial charge in [0, 0.05) is 0 Å². The molecular weight excluding hydrogens is 308 g/mol. The molecular formula is C11H7F6NO3. The van der Waals surface area contributed by atoms with Crippen LogP contribution in [0.1, 0.15) is 10.4 Å². The molecule has 0 fully saturated rings. The third-order valence-corrected chi connectivity index (χ3v) is 2.28. The molecule has 0 aromatic heterocycles. The third-order valence-electron chi connectivity index (χ3n) is 2.28. The van der Waals surface area contributed by atoms with Gasteiger partial charge in [-0.25, -0.2) is 9.18 Å². The van der Waals surface area contributed by atoms with Crippen molar-refractivity contribution < 1.29 is 40.7 Å². The minimum atomic E-state index is -6.13. The summed E-state index contributed by atoms with van der Waals surface area (Å²) in [5.74, 6) is -10.7. The average Bonchev–Trinajstić information content (AvgIpc) is 2.36. The fourth-order valence-corrected chi connectivity index (χ4v) is 1.24. The number of ether oxygens (including phenoxy) is 1. The Labute approximate surface area is 113 Å². The van der Waals surface area contributed by atoms with Crippen molar-refractivity contribution in [1.29, 1.82) is 0 Å². The van der Waals surface area contributed by atoms with Crippen LogP contribution in [0, 0.1) is 5.82 Å². The van der Waals surface area contributed by atoms with Crippen LogP contribution < -0.4 is 5.32 Å². The number of rotatable bonds is 3. The van der Waals surface area contributed by atoms with Gasteiger partial charge in [0.05, 0.1) is 18.4 Å². The van der Waals surface area contributed by atoms with Gasteiger partial charge in [-0.05, 0) is 18.2 Å². The first-order valence-electron chi connectivity index (χ1n) is 5.14. The summed E-state index contributed by atoms with van der Waals surface area (Å²) >= 11 is 0. The van der Waals surface area contributed by atoms with Crippen molar-refractivity contribution in [2.24, 2.45) is 0 Å². The van der Waals surface area contributed by atoms with E-state index < -0.39 is 41.0 Å². The number of halogens is 6. The second-order valence-electron chi connectivity index (χ2n) is 3.71. The lowest BCUT2D eigenvalue weighted by molar-refractivity contribution is -0.267. The van der Waals surface area contributed by atoms with Crippen LogP contribution in [0.15, 0.2) is 18.2 Å². The molecule has 0 heterocycles. The van der Waals surface area contributed by atoms with E-state index in [1.807, 2.05) is 0 Å². The first-order chi connectivity index (χ1) is 9.50. The van der Waals surface area contributed by atoms with E-state index in [1.54, 1.807) is 0 Å². The van der Waals surface area contributed by atoms with Gasteiger partial charge in [0.2, 0.25) is 0 Å². The number of amides is 1. The number of benzene rings is 1. The number of alkyl halides is 5. The molecule has 1 N–H and O–H groups in total. The van der Waals surface area contributed by atoms with Gasteiger partial charge < -0.3 is 10.1 Å². The first-order valence-corrected chi connectivity index (χ1v) is 5.14. The van der Waals surface area contributed by atoms with Crippen LogP contribution in [-0.4, -0.2) is 31.1 Å². The number of hydrogen-bond donors (Lipinski definition) is 1. The van der Waals surface area contributed by atoms with Crippen LogP contribution in [0.25, 0.3) is 0 Å². The summed E-state index contributed by atoms with van der Waals surface area (Å²) < 4.78 is 78.8. The minimum Gasteiger partial charge on any atom is -0.465 e. The van der Waals surface area contributed by atoms with Crippen molar-refractivity contribution in [3.63, 3.8) is 0 Å². The number of methoxy groups -OCH3 is 1. The maximum absolute atomic E-state index is 13.0. The number of hydrogen-bond acceptors (Lipinski definition) is 3. The largest absolute Gasteiger partial charge is 0.465 e. The molecule has 21 heavy (non-hydrogen) atoms. The standard InChI is InChI=1S/C11H7F6NO3/c1-21-8(19)6-3-2-5(12)4-7(6)18-9(20)10(13,14)11(15,16)17/h2-4H,1H3,(H,18,20). The summed E-state index contributed by atoms with van der Waals surface area (Å²) in [6.07, 6.45) is -6.13. The molecule has 0 saturated carbocycles. The van der Waals surface area contributed by atoms with Gasteiger partial charge in [-0.3, -0.25) is 4.79 Å². The van der Waals surface area contributed by atoms with Gasteiger partial charge in [-0.1, -0.05) is 0 Å². The Hall–Kier alpha value is -2.26. The predicted molar refractivity (Wildman–Crippen MR) is 57.4 cm³/mol.